The van der Waals surface area contributed by atoms with Crippen molar-refractivity contribution in [1.29, 1.82) is 5.26 Å². The van der Waals surface area contributed by atoms with Crippen molar-refractivity contribution in [1.82, 2.24) is 25.2 Å². The number of hydrogen-bond acceptors (Lipinski definition) is 8. The first-order chi connectivity index (χ1) is 17.9. The zero-order valence-corrected chi connectivity index (χ0v) is 20.7. The molecule has 5 rings (SSSR count). The first kappa shape index (κ1) is 23.8. The van der Waals surface area contributed by atoms with E-state index < -0.39 is 0 Å². The van der Waals surface area contributed by atoms with Gasteiger partial charge in [-0.3, -0.25) is 4.79 Å². The molecule has 37 heavy (non-hydrogen) atoms. The predicted molar refractivity (Wildman–Crippen MR) is 137 cm³/mol. The Balaban J connectivity index is 1.33. The lowest BCUT2D eigenvalue weighted by molar-refractivity contribution is 0.0954. The number of nitrogens with one attached hydrogen (secondary N) is 1. The van der Waals surface area contributed by atoms with Crippen LogP contribution in [0.1, 0.15) is 45.3 Å². The van der Waals surface area contributed by atoms with Crippen molar-refractivity contribution in [3.63, 3.8) is 0 Å². The fourth-order valence-electron chi connectivity index (χ4n) is 4.39. The number of nitrogens with two attached hydrogens (primary N) is 1. The van der Waals surface area contributed by atoms with E-state index in [9.17, 15) is 10.1 Å². The van der Waals surface area contributed by atoms with Crippen LogP contribution in [0.4, 0.5) is 5.82 Å². The number of aryl methyl sites for hydroxylation is 4. The van der Waals surface area contributed by atoms with Crippen molar-refractivity contribution in [3.05, 3.63) is 76.5 Å². The largest absolute Gasteiger partial charge is 0.466 e. The minimum atomic E-state index is -0.271. The van der Waals surface area contributed by atoms with Gasteiger partial charge in [-0.1, -0.05) is 23.4 Å². The van der Waals surface area contributed by atoms with Crippen molar-refractivity contribution in [2.75, 3.05) is 12.3 Å². The van der Waals surface area contributed by atoms with Gasteiger partial charge in [0.2, 0.25) is 0 Å². The number of nitrogens with zero attached hydrogens (tertiary/aromatic N) is 5. The van der Waals surface area contributed by atoms with Crippen molar-refractivity contribution in [2.24, 2.45) is 0 Å². The molecule has 0 aliphatic rings. The highest BCUT2D eigenvalue weighted by molar-refractivity contribution is 6.07. The molecule has 0 aliphatic heterocycles. The highest BCUT2D eigenvalue weighted by atomic mass is 16.5. The molecule has 0 radical (unpaired) electrons. The number of hydrogen-bond donors (Lipinski definition) is 2. The predicted octanol–water partition coefficient (Wildman–Crippen LogP) is 4.41. The number of rotatable bonds is 7. The van der Waals surface area contributed by atoms with Crippen LogP contribution in [-0.2, 0) is 6.42 Å². The molecule has 10 heteroatoms. The number of amides is 1. The number of carbonyl (C=O) groups excluding carboxylic acids is 1. The smallest absolute Gasteiger partial charge is 0.259 e. The molecule has 0 unspecified atom stereocenters. The summed E-state index contributed by atoms with van der Waals surface area (Å²) in [6, 6.07) is 15.2. The van der Waals surface area contributed by atoms with Crippen molar-refractivity contribution in [2.45, 2.75) is 33.6 Å². The molecule has 0 atom stereocenters. The van der Waals surface area contributed by atoms with Crippen LogP contribution in [0, 0.1) is 32.1 Å². The topological polar surface area (TPSA) is 149 Å². The average Bonchev–Trinajstić information content (AvgIpc) is 3.55. The van der Waals surface area contributed by atoms with Gasteiger partial charge in [-0.2, -0.15) is 10.4 Å². The number of furan rings is 1. The molecule has 0 bridgehead atoms. The van der Waals surface area contributed by atoms with Crippen molar-refractivity contribution >= 4 is 22.8 Å². The van der Waals surface area contributed by atoms with Crippen LogP contribution in [0.15, 0.2) is 51.4 Å². The van der Waals surface area contributed by atoms with E-state index in [0.29, 0.717) is 70.3 Å². The number of pyridine rings is 1. The van der Waals surface area contributed by atoms with Gasteiger partial charge in [0.1, 0.15) is 29.0 Å². The van der Waals surface area contributed by atoms with E-state index >= 15 is 0 Å². The number of benzene rings is 1. The normalized spacial score (nSPS) is 11.1. The first-order valence-electron chi connectivity index (χ1n) is 11.8. The molecule has 0 saturated heterocycles. The third-order valence-electron chi connectivity index (χ3n) is 6.16. The standard InChI is InChI=1S/C27H25N7O3/c1-15-12-19(17(3)36-15)23-13-20(24-16(2)33-37-27(24)31-23)26(35)30-11-7-10-22-21(14-28)25(29)34(32-22)18-8-5-4-6-9-18/h4-6,8-9,12-13H,7,10-11,29H2,1-3H3,(H,30,35). The molecule has 1 aromatic carbocycles. The number of fused-ring (bicyclic) bond motifs is 1. The Morgan fingerprint density at radius 2 is 1.97 bits per heavy atom. The van der Waals surface area contributed by atoms with E-state index in [2.05, 4.69) is 26.6 Å². The fourth-order valence-corrected chi connectivity index (χ4v) is 4.39. The van der Waals surface area contributed by atoms with Crippen LogP contribution < -0.4 is 11.1 Å². The van der Waals surface area contributed by atoms with E-state index in [0.717, 1.165) is 17.0 Å². The first-order valence-corrected chi connectivity index (χ1v) is 11.8. The van der Waals surface area contributed by atoms with Crippen LogP contribution in [0.3, 0.4) is 0 Å². The number of carbonyl (C=O) groups is 1. The summed E-state index contributed by atoms with van der Waals surface area (Å²) in [6.07, 6.45) is 1.04. The lowest BCUT2D eigenvalue weighted by Gasteiger charge is -2.08. The molecular formula is C27H25N7O3. The lowest BCUT2D eigenvalue weighted by Crippen LogP contribution is -2.25. The lowest BCUT2D eigenvalue weighted by atomic mass is 10.1. The van der Waals surface area contributed by atoms with Crippen LogP contribution in [0.5, 0.6) is 0 Å². The second-order valence-corrected chi connectivity index (χ2v) is 8.76. The van der Waals surface area contributed by atoms with Crippen molar-refractivity contribution in [3.8, 4) is 23.0 Å². The number of nitrogen functional groups attached to an aromatic ring is 1. The maximum atomic E-state index is 13.2. The molecule has 4 aromatic heterocycles. The Morgan fingerprint density at radius 3 is 2.68 bits per heavy atom. The number of anilines is 1. The Morgan fingerprint density at radius 1 is 1.19 bits per heavy atom. The van der Waals surface area contributed by atoms with E-state index in [1.54, 1.807) is 17.7 Å². The summed E-state index contributed by atoms with van der Waals surface area (Å²) in [6.45, 7) is 5.85. The minimum absolute atomic E-state index is 0.271. The van der Waals surface area contributed by atoms with Gasteiger partial charge in [0.15, 0.2) is 0 Å². The second-order valence-electron chi connectivity index (χ2n) is 8.76. The molecule has 0 aliphatic carbocycles. The molecule has 186 valence electrons. The average molecular weight is 496 g/mol. The molecule has 4 heterocycles. The fraction of sp³-hybridized carbons (Fsp3) is 0.222. The Hall–Kier alpha value is -4.91. The summed E-state index contributed by atoms with van der Waals surface area (Å²) in [5.74, 6) is 1.48. The van der Waals surface area contributed by atoms with Gasteiger partial charge < -0.3 is 20.0 Å². The molecule has 1 amide bonds. The molecule has 3 N–H and O–H groups in total. The maximum Gasteiger partial charge on any atom is 0.259 e. The van der Waals surface area contributed by atoms with Crippen molar-refractivity contribution < 1.29 is 13.7 Å². The highest BCUT2D eigenvalue weighted by Gasteiger charge is 2.21. The van der Waals surface area contributed by atoms with Crippen LogP contribution in [0.25, 0.3) is 28.0 Å². The zero-order valence-electron chi connectivity index (χ0n) is 20.7. The van der Waals surface area contributed by atoms with Gasteiger partial charge >= 0.3 is 0 Å². The van der Waals surface area contributed by atoms with Gasteiger partial charge in [0, 0.05) is 12.1 Å². The second kappa shape index (κ2) is 9.62. The van der Waals surface area contributed by atoms with E-state index in [1.165, 1.54) is 0 Å². The number of nitriles is 1. The van der Waals surface area contributed by atoms with Crippen LogP contribution >= 0.6 is 0 Å². The number of para-hydroxylation sites is 1. The third-order valence-corrected chi connectivity index (χ3v) is 6.16. The van der Waals surface area contributed by atoms with Gasteiger partial charge in [-0.05, 0) is 57.9 Å². The van der Waals surface area contributed by atoms with E-state index in [-0.39, 0.29) is 5.91 Å². The van der Waals surface area contributed by atoms with E-state index in [1.807, 2.05) is 50.2 Å². The molecule has 0 saturated carbocycles. The highest BCUT2D eigenvalue weighted by Crippen LogP contribution is 2.30. The summed E-state index contributed by atoms with van der Waals surface area (Å²) < 4.78 is 12.6. The molecular weight excluding hydrogens is 470 g/mol. The third kappa shape index (κ3) is 4.43. The van der Waals surface area contributed by atoms with Crippen LogP contribution in [0.2, 0.25) is 0 Å². The summed E-state index contributed by atoms with van der Waals surface area (Å²) in [4.78, 5) is 17.8. The summed E-state index contributed by atoms with van der Waals surface area (Å²) in [5.41, 5.74) is 10.6. The monoisotopic (exact) mass is 495 g/mol. The van der Waals surface area contributed by atoms with Crippen LogP contribution in [-0.4, -0.2) is 32.4 Å². The Kier molecular flexibility index (Phi) is 6.19. The molecule has 5 aromatic rings. The van der Waals surface area contributed by atoms with Gasteiger partial charge in [-0.25, -0.2) is 9.67 Å². The maximum absolute atomic E-state index is 13.2. The van der Waals surface area contributed by atoms with Gasteiger partial charge in [-0.15, -0.1) is 0 Å². The zero-order chi connectivity index (χ0) is 26.1. The van der Waals surface area contributed by atoms with E-state index in [4.69, 9.17) is 14.7 Å². The van der Waals surface area contributed by atoms with Gasteiger partial charge in [0.05, 0.1) is 33.7 Å². The Labute approximate surface area is 212 Å². The SMILES string of the molecule is Cc1cc(-c2cc(C(=O)NCCCc3nn(-c4ccccc4)c(N)c3C#N)c3c(C)noc3n2)c(C)o1. The molecule has 0 fully saturated rings. The van der Waals surface area contributed by atoms with Gasteiger partial charge in [0.25, 0.3) is 11.6 Å². The Bertz CT molecular complexity index is 1650. The quantitative estimate of drug-likeness (QED) is 0.315. The number of aromatic nitrogens is 4. The summed E-state index contributed by atoms with van der Waals surface area (Å²) >= 11 is 0. The molecule has 0 spiro atoms. The molecule has 10 nitrogen and oxygen atoms in total. The summed E-state index contributed by atoms with van der Waals surface area (Å²) in [7, 11) is 0. The summed E-state index contributed by atoms with van der Waals surface area (Å²) in [5, 5.41) is 21.7. The minimum Gasteiger partial charge on any atom is -0.466 e.